The maximum Gasteiger partial charge on any atom is 0.264 e. The number of hydrogen-bond donors (Lipinski definition) is 2. The van der Waals surface area contributed by atoms with Crippen molar-refractivity contribution >= 4 is 62.3 Å². The second kappa shape index (κ2) is 9.74. The van der Waals surface area contributed by atoms with Crippen LogP contribution in [-0.2, 0) is 21.2 Å². The van der Waals surface area contributed by atoms with Gasteiger partial charge in [0.1, 0.15) is 0 Å². The van der Waals surface area contributed by atoms with Crippen LogP contribution in [0.4, 0.5) is 11.4 Å². The third-order valence-corrected chi connectivity index (χ3v) is 7.48. The van der Waals surface area contributed by atoms with Crippen LogP contribution in [0.25, 0.3) is 6.08 Å². The van der Waals surface area contributed by atoms with Crippen molar-refractivity contribution in [1.29, 1.82) is 0 Å². The van der Waals surface area contributed by atoms with Crippen LogP contribution in [0.5, 0.6) is 0 Å². The first-order chi connectivity index (χ1) is 15.8. The monoisotopic (exact) mass is 497 g/mol. The highest BCUT2D eigenvalue weighted by Crippen LogP contribution is 2.32. The van der Waals surface area contributed by atoms with E-state index in [1.807, 2.05) is 30.3 Å². The lowest BCUT2D eigenvalue weighted by molar-refractivity contribution is -0.115. The van der Waals surface area contributed by atoms with Crippen molar-refractivity contribution in [2.75, 3.05) is 16.2 Å². The average molecular weight is 498 g/mol. The van der Waals surface area contributed by atoms with Gasteiger partial charge in [0.25, 0.3) is 10.0 Å². The van der Waals surface area contributed by atoms with E-state index in [4.69, 9.17) is 23.8 Å². The Bertz CT molecular complexity index is 1340. The smallest absolute Gasteiger partial charge is 0.264 e. The Hall–Kier alpha value is -3.20. The minimum absolute atomic E-state index is 0.0906. The second-order valence-electron chi connectivity index (χ2n) is 7.28. The molecule has 0 fully saturated rings. The molecule has 168 valence electrons. The molecule has 3 aromatic carbocycles. The number of rotatable bonds is 5. The Labute approximate surface area is 202 Å². The van der Waals surface area contributed by atoms with Crippen LogP contribution in [-0.4, -0.2) is 26.0 Å². The first-order valence-corrected chi connectivity index (χ1v) is 12.3. The molecule has 0 unspecified atom stereocenters. The molecule has 1 amide bonds. The second-order valence-corrected chi connectivity index (χ2v) is 9.96. The number of sulfonamides is 1. The van der Waals surface area contributed by atoms with Gasteiger partial charge in [0, 0.05) is 23.3 Å². The molecule has 6 nitrogen and oxygen atoms in total. The lowest BCUT2D eigenvalue weighted by Crippen LogP contribution is -2.32. The van der Waals surface area contributed by atoms with E-state index >= 15 is 0 Å². The fourth-order valence-electron chi connectivity index (χ4n) is 3.49. The third kappa shape index (κ3) is 5.24. The third-order valence-electron chi connectivity index (χ3n) is 5.10. The van der Waals surface area contributed by atoms with Gasteiger partial charge in [-0.2, -0.15) is 0 Å². The molecule has 0 radical (unpaired) electrons. The molecule has 0 atom stereocenters. The Morgan fingerprint density at radius 3 is 2.45 bits per heavy atom. The minimum Gasteiger partial charge on any atom is -0.332 e. The maximum absolute atomic E-state index is 13.1. The molecule has 0 saturated carbocycles. The number of amides is 1. The van der Waals surface area contributed by atoms with Crippen molar-refractivity contribution in [2.45, 2.75) is 11.3 Å². The summed E-state index contributed by atoms with van der Waals surface area (Å²) in [5.74, 6) is -0.417. The van der Waals surface area contributed by atoms with Gasteiger partial charge in [-0.25, -0.2) is 8.42 Å². The fourth-order valence-corrected chi connectivity index (χ4v) is 5.41. The molecule has 9 heteroatoms. The molecule has 0 aliphatic carbocycles. The SMILES string of the molecule is O=C(C=Cc1ccccc1Cl)NC(=S)Nc1ccc(S(=O)(=O)N2CCc3ccccc32)cc1. The van der Waals surface area contributed by atoms with E-state index in [1.165, 1.54) is 22.5 Å². The number of nitrogens with one attached hydrogen (secondary N) is 2. The number of fused-ring (bicyclic) bond motifs is 1. The van der Waals surface area contributed by atoms with Crippen molar-refractivity contribution in [3.8, 4) is 0 Å². The van der Waals surface area contributed by atoms with Gasteiger partial charge in [0.05, 0.1) is 10.6 Å². The summed E-state index contributed by atoms with van der Waals surface area (Å²) in [6.45, 7) is 0.416. The number of para-hydroxylation sites is 1. The summed E-state index contributed by atoms with van der Waals surface area (Å²) < 4.78 is 27.6. The van der Waals surface area contributed by atoms with Gasteiger partial charge in [-0.05, 0) is 72.2 Å². The Morgan fingerprint density at radius 2 is 1.70 bits per heavy atom. The molecular weight excluding hydrogens is 478 g/mol. The Kier molecular flexibility index (Phi) is 6.78. The van der Waals surface area contributed by atoms with Gasteiger partial charge in [-0.15, -0.1) is 0 Å². The van der Waals surface area contributed by atoms with Crippen LogP contribution >= 0.6 is 23.8 Å². The van der Waals surface area contributed by atoms with Crippen molar-refractivity contribution in [1.82, 2.24) is 5.32 Å². The number of nitrogens with zero attached hydrogens (tertiary/aromatic N) is 1. The highest BCUT2D eigenvalue weighted by molar-refractivity contribution is 7.92. The largest absolute Gasteiger partial charge is 0.332 e. The number of carbonyl (C=O) groups is 1. The zero-order chi connectivity index (χ0) is 23.4. The first-order valence-electron chi connectivity index (χ1n) is 10.1. The van der Waals surface area contributed by atoms with Gasteiger partial charge in [-0.3, -0.25) is 14.4 Å². The van der Waals surface area contributed by atoms with E-state index in [0.717, 1.165) is 5.56 Å². The summed E-state index contributed by atoms with van der Waals surface area (Å²) in [5.41, 5.74) is 3.00. The summed E-state index contributed by atoms with van der Waals surface area (Å²) in [6.07, 6.45) is 3.61. The first kappa shape index (κ1) is 23.0. The number of anilines is 2. The zero-order valence-corrected chi connectivity index (χ0v) is 19.8. The highest BCUT2D eigenvalue weighted by Gasteiger charge is 2.30. The van der Waals surface area contributed by atoms with E-state index < -0.39 is 15.9 Å². The summed E-state index contributed by atoms with van der Waals surface area (Å²) in [5, 5.41) is 6.05. The summed E-state index contributed by atoms with van der Waals surface area (Å²) in [4.78, 5) is 12.3. The standard InChI is InChI=1S/C24H20ClN3O3S2/c25-21-7-3-1-5-17(21)9-14-23(29)27-24(32)26-19-10-12-20(13-11-19)33(30,31)28-16-15-18-6-2-4-8-22(18)28/h1-14H,15-16H2,(H2,26,27,29,32). The van der Waals surface area contributed by atoms with Crippen molar-refractivity contribution in [3.63, 3.8) is 0 Å². The molecular formula is C24H20ClN3O3S2. The van der Waals surface area contributed by atoms with E-state index in [0.29, 0.717) is 34.9 Å². The van der Waals surface area contributed by atoms with Gasteiger partial charge in [0.2, 0.25) is 5.91 Å². The minimum atomic E-state index is -3.67. The van der Waals surface area contributed by atoms with Gasteiger partial charge in [-0.1, -0.05) is 48.0 Å². The normalized spacial score (nSPS) is 13.1. The lowest BCUT2D eigenvalue weighted by Gasteiger charge is -2.19. The van der Waals surface area contributed by atoms with E-state index in [1.54, 1.807) is 36.4 Å². The average Bonchev–Trinajstić information content (AvgIpc) is 3.24. The predicted molar refractivity (Wildman–Crippen MR) is 136 cm³/mol. The molecule has 4 rings (SSSR count). The number of halogens is 1. The summed E-state index contributed by atoms with van der Waals surface area (Å²) in [7, 11) is -3.67. The number of thiocarbonyl (C=S) groups is 1. The molecule has 3 aromatic rings. The maximum atomic E-state index is 13.1. The topological polar surface area (TPSA) is 78.5 Å². The van der Waals surface area contributed by atoms with Crippen LogP contribution in [0, 0.1) is 0 Å². The molecule has 1 heterocycles. The molecule has 1 aliphatic rings. The van der Waals surface area contributed by atoms with E-state index in [9.17, 15) is 13.2 Å². The molecule has 0 bridgehead atoms. The Balaban J connectivity index is 1.38. The van der Waals surface area contributed by atoms with Gasteiger partial charge >= 0.3 is 0 Å². The van der Waals surface area contributed by atoms with Crippen LogP contribution in [0.3, 0.4) is 0 Å². The summed E-state index contributed by atoms with van der Waals surface area (Å²) in [6, 6.07) is 20.9. The van der Waals surface area contributed by atoms with Gasteiger partial charge < -0.3 is 5.32 Å². The van der Waals surface area contributed by atoms with Gasteiger partial charge in [0.15, 0.2) is 5.11 Å². The molecule has 2 N–H and O–H groups in total. The lowest BCUT2D eigenvalue weighted by atomic mass is 10.2. The van der Waals surface area contributed by atoms with Crippen LogP contribution < -0.4 is 14.9 Å². The van der Waals surface area contributed by atoms with Crippen molar-refractivity contribution in [2.24, 2.45) is 0 Å². The van der Waals surface area contributed by atoms with Crippen LogP contribution in [0.15, 0.2) is 83.8 Å². The van der Waals surface area contributed by atoms with Crippen molar-refractivity contribution < 1.29 is 13.2 Å². The molecule has 0 spiro atoms. The Morgan fingerprint density at radius 1 is 1.00 bits per heavy atom. The van der Waals surface area contributed by atoms with Crippen LogP contribution in [0.1, 0.15) is 11.1 Å². The summed E-state index contributed by atoms with van der Waals surface area (Å²) >= 11 is 11.2. The number of carbonyl (C=O) groups excluding carboxylic acids is 1. The zero-order valence-electron chi connectivity index (χ0n) is 17.4. The quantitative estimate of drug-likeness (QED) is 0.397. The highest BCUT2D eigenvalue weighted by atomic mass is 35.5. The van der Waals surface area contributed by atoms with Crippen molar-refractivity contribution in [3.05, 3.63) is 95.0 Å². The van der Waals surface area contributed by atoms with E-state index in [2.05, 4.69) is 10.6 Å². The molecule has 1 aliphatic heterocycles. The predicted octanol–water partition coefficient (Wildman–Crippen LogP) is 4.62. The molecule has 0 saturated heterocycles. The molecule has 33 heavy (non-hydrogen) atoms. The van der Waals surface area contributed by atoms with E-state index in [-0.39, 0.29) is 10.0 Å². The number of benzene rings is 3. The van der Waals surface area contributed by atoms with Crippen LogP contribution in [0.2, 0.25) is 5.02 Å². The molecule has 0 aromatic heterocycles. The number of hydrogen-bond acceptors (Lipinski definition) is 4. The fraction of sp³-hybridized carbons (Fsp3) is 0.0833.